The Morgan fingerprint density at radius 1 is 1.06 bits per heavy atom. The minimum atomic E-state index is 0.366. The molecule has 0 saturated carbocycles. The molecular formula is C12H18N4. The van der Waals surface area contributed by atoms with Crippen LogP contribution in [0, 0.1) is 6.92 Å². The van der Waals surface area contributed by atoms with Crippen LogP contribution in [-0.2, 0) is 0 Å². The van der Waals surface area contributed by atoms with Crippen LogP contribution in [0.25, 0.3) is 5.52 Å². The zero-order valence-electron chi connectivity index (χ0n) is 10.5. The highest BCUT2D eigenvalue weighted by molar-refractivity contribution is 5.60. The molecule has 0 N–H and O–H groups in total. The van der Waals surface area contributed by atoms with Crippen molar-refractivity contribution in [3.8, 4) is 0 Å². The zero-order chi connectivity index (χ0) is 11.9. The number of rotatable bonds is 2. The van der Waals surface area contributed by atoms with Gasteiger partial charge in [0.15, 0.2) is 0 Å². The molecule has 2 heterocycles. The first kappa shape index (κ1) is 11.0. The second kappa shape index (κ2) is 3.85. The Labute approximate surface area is 95.7 Å². The van der Waals surface area contributed by atoms with Gasteiger partial charge in [-0.25, -0.2) is 4.52 Å². The van der Waals surface area contributed by atoms with Crippen LogP contribution in [0.3, 0.4) is 0 Å². The van der Waals surface area contributed by atoms with Crippen LogP contribution in [0.1, 0.15) is 56.6 Å². The second-order valence-corrected chi connectivity index (χ2v) is 4.80. The van der Waals surface area contributed by atoms with Crippen molar-refractivity contribution in [2.75, 3.05) is 0 Å². The van der Waals surface area contributed by atoms with Gasteiger partial charge in [-0.2, -0.15) is 10.2 Å². The zero-order valence-corrected chi connectivity index (χ0v) is 10.5. The Balaban J connectivity index is 2.81. The van der Waals surface area contributed by atoms with Gasteiger partial charge in [0.1, 0.15) is 5.82 Å². The first-order chi connectivity index (χ1) is 7.52. The summed E-state index contributed by atoms with van der Waals surface area (Å²) in [5.41, 5.74) is 3.42. The highest BCUT2D eigenvalue weighted by Gasteiger charge is 2.17. The van der Waals surface area contributed by atoms with Crippen molar-refractivity contribution in [1.29, 1.82) is 0 Å². The molecule has 0 fully saturated rings. The van der Waals surface area contributed by atoms with Crippen molar-refractivity contribution >= 4 is 5.52 Å². The minimum Gasteiger partial charge on any atom is -0.216 e. The third-order valence-electron chi connectivity index (χ3n) is 2.82. The molecule has 0 atom stereocenters. The van der Waals surface area contributed by atoms with Crippen LogP contribution in [0.2, 0.25) is 0 Å². The van der Waals surface area contributed by atoms with Gasteiger partial charge in [-0.05, 0) is 18.8 Å². The van der Waals surface area contributed by atoms with Gasteiger partial charge in [0.25, 0.3) is 0 Å². The fourth-order valence-electron chi connectivity index (χ4n) is 1.89. The van der Waals surface area contributed by atoms with Crippen LogP contribution < -0.4 is 0 Å². The van der Waals surface area contributed by atoms with E-state index in [0.29, 0.717) is 11.8 Å². The molecule has 0 unspecified atom stereocenters. The van der Waals surface area contributed by atoms with Gasteiger partial charge in [-0.15, -0.1) is 5.10 Å². The van der Waals surface area contributed by atoms with Gasteiger partial charge in [0.05, 0.1) is 17.4 Å². The van der Waals surface area contributed by atoms with E-state index in [1.54, 1.807) is 0 Å². The lowest BCUT2D eigenvalue weighted by atomic mass is 10.0. The van der Waals surface area contributed by atoms with Crippen LogP contribution in [0.15, 0.2) is 6.20 Å². The minimum absolute atomic E-state index is 0.366. The Morgan fingerprint density at radius 3 is 2.31 bits per heavy atom. The highest BCUT2D eigenvalue weighted by atomic mass is 15.3. The number of aryl methyl sites for hydroxylation is 1. The summed E-state index contributed by atoms with van der Waals surface area (Å²) in [5.74, 6) is 1.66. The lowest BCUT2D eigenvalue weighted by Crippen LogP contribution is -2.06. The van der Waals surface area contributed by atoms with E-state index in [2.05, 4.69) is 43.0 Å². The van der Waals surface area contributed by atoms with Crippen molar-refractivity contribution in [3.63, 3.8) is 0 Å². The molecule has 4 nitrogen and oxygen atoms in total. The van der Waals surface area contributed by atoms with E-state index < -0.39 is 0 Å². The molecule has 2 aromatic rings. The molecule has 86 valence electrons. The monoisotopic (exact) mass is 218 g/mol. The maximum absolute atomic E-state index is 4.40. The van der Waals surface area contributed by atoms with E-state index in [1.807, 2.05) is 17.6 Å². The molecule has 2 aromatic heterocycles. The Morgan fingerprint density at radius 2 is 1.75 bits per heavy atom. The van der Waals surface area contributed by atoms with Crippen molar-refractivity contribution in [3.05, 3.63) is 23.3 Å². The van der Waals surface area contributed by atoms with Crippen molar-refractivity contribution in [2.45, 2.75) is 46.5 Å². The molecule has 0 aliphatic rings. The van der Waals surface area contributed by atoms with E-state index in [4.69, 9.17) is 0 Å². The molecular weight excluding hydrogens is 200 g/mol. The Hall–Kier alpha value is -1.45. The van der Waals surface area contributed by atoms with E-state index in [-0.39, 0.29) is 0 Å². The molecule has 0 aliphatic carbocycles. The average Bonchev–Trinajstić information content (AvgIpc) is 2.62. The SMILES string of the molecule is Cc1nnc(C(C)C)c2c(C(C)C)cnn12. The first-order valence-corrected chi connectivity index (χ1v) is 5.73. The molecule has 0 spiro atoms. The molecule has 0 radical (unpaired) electrons. The number of hydrogen-bond acceptors (Lipinski definition) is 3. The van der Waals surface area contributed by atoms with Gasteiger partial charge in [-0.3, -0.25) is 0 Å². The number of nitrogens with zero attached hydrogens (tertiary/aromatic N) is 4. The third-order valence-corrected chi connectivity index (χ3v) is 2.82. The van der Waals surface area contributed by atoms with Crippen LogP contribution in [0.4, 0.5) is 0 Å². The van der Waals surface area contributed by atoms with Gasteiger partial charge in [-0.1, -0.05) is 27.7 Å². The van der Waals surface area contributed by atoms with Crippen LogP contribution in [-0.4, -0.2) is 19.8 Å². The predicted octanol–water partition coefficient (Wildman–Crippen LogP) is 2.68. The summed E-state index contributed by atoms with van der Waals surface area (Å²) in [5, 5.41) is 12.9. The summed E-state index contributed by atoms with van der Waals surface area (Å²) in [7, 11) is 0. The van der Waals surface area contributed by atoms with Crippen molar-refractivity contribution in [2.24, 2.45) is 0 Å². The van der Waals surface area contributed by atoms with Gasteiger partial charge >= 0.3 is 0 Å². The molecule has 4 heteroatoms. The summed E-state index contributed by atoms with van der Waals surface area (Å²) in [6.45, 7) is 10.6. The van der Waals surface area contributed by atoms with Crippen molar-refractivity contribution in [1.82, 2.24) is 19.8 Å². The number of hydrogen-bond donors (Lipinski definition) is 0. The second-order valence-electron chi connectivity index (χ2n) is 4.80. The lowest BCUT2D eigenvalue weighted by Gasteiger charge is -2.10. The molecule has 16 heavy (non-hydrogen) atoms. The maximum Gasteiger partial charge on any atom is 0.150 e. The molecule has 0 bridgehead atoms. The first-order valence-electron chi connectivity index (χ1n) is 5.73. The van der Waals surface area contributed by atoms with E-state index in [1.165, 1.54) is 5.56 Å². The summed E-state index contributed by atoms with van der Waals surface area (Å²) < 4.78 is 1.90. The highest BCUT2D eigenvalue weighted by Crippen LogP contribution is 2.26. The summed E-state index contributed by atoms with van der Waals surface area (Å²) in [6.07, 6.45) is 1.93. The van der Waals surface area contributed by atoms with E-state index in [9.17, 15) is 0 Å². The number of aromatic nitrogens is 4. The summed E-state index contributed by atoms with van der Waals surface area (Å²) in [6, 6.07) is 0. The van der Waals surface area contributed by atoms with Gasteiger partial charge in [0.2, 0.25) is 0 Å². The van der Waals surface area contributed by atoms with Gasteiger partial charge in [0, 0.05) is 5.56 Å². The molecule has 0 amide bonds. The fourth-order valence-corrected chi connectivity index (χ4v) is 1.89. The fraction of sp³-hybridized carbons (Fsp3) is 0.583. The predicted molar refractivity (Wildman–Crippen MR) is 63.7 cm³/mol. The summed E-state index contributed by atoms with van der Waals surface area (Å²) >= 11 is 0. The maximum atomic E-state index is 4.40. The van der Waals surface area contributed by atoms with Crippen LogP contribution >= 0.6 is 0 Å². The topological polar surface area (TPSA) is 43.1 Å². The van der Waals surface area contributed by atoms with Gasteiger partial charge < -0.3 is 0 Å². The quantitative estimate of drug-likeness (QED) is 0.778. The Bertz CT molecular complexity index is 511. The van der Waals surface area contributed by atoms with E-state index in [0.717, 1.165) is 17.0 Å². The molecule has 0 saturated heterocycles. The summed E-state index contributed by atoms with van der Waals surface area (Å²) in [4.78, 5) is 0. The normalized spacial score (nSPS) is 11.9. The van der Waals surface area contributed by atoms with E-state index >= 15 is 0 Å². The molecule has 2 rings (SSSR count). The molecule has 0 aromatic carbocycles. The van der Waals surface area contributed by atoms with Crippen LogP contribution in [0.5, 0.6) is 0 Å². The standard InChI is InChI=1S/C12H18N4/c1-7(2)10-6-13-16-9(5)14-15-11(8(3)4)12(10)16/h6-8H,1-5H3. The third kappa shape index (κ3) is 1.58. The Kier molecular flexibility index (Phi) is 2.66. The largest absolute Gasteiger partial charge is 0.216 e. The number of fused-ring (bicyclic) bond motifs is 1. The smallest absolute Gasteiger partial charge is 0.150 e. The average molecular weight is 218 g/mol. The lowest BCUT2D eigenvalue weighted by molar-refractivity contribution is 0.729. The van der Waals surface area contributed by atoms with Crippen molar-refractivity contribution < 1.29 is 0 Å². The molecule has 0 aliphatic heterocycles.